The van der Waals surface area contributed by atoms with Crippen molar-refractivity contribution in [1.82, 2.24) is 20.4 Å². The second-order valence-corrected chi connectivity index (χ2v) is 8.71. The van der Waals surface area contributed by atoms with Crippen molar-refractivity contribution in [3.8, 4) is 0 Å². The van der Waals surface area contributed by atoms with E-state index in [-0.39, 0.29) is 24.0 Å². The van der Waals surface area contributed by atoms with Gasteiger partial charge in [0, 0.05) is 59.0 Å². The average molecular weight is 574 g/mol. The zero-order chi connectivity index (χ0) is 22.4. The Labute approximate surface area is 217 Å². The van der Waals surface area contributed by atoms with Crippen LogP contribution in [0.15, 0.2) is 29.3 Å². The Morgan fingerprint density at radius 2 is 1.79 bits per heavy atom. The third-order valence-electron chi connectivity index (χ3n) is 6.19. The highest BCUT2D eigenvalue weighted by molar-refractivity contribution is 14.0. The number of piperazine rings is 1. The van der Waals surface area contributed by atoms with Gasteiger partial charge in [-0.3, -0.25) is 4.90 Å². The number of nitrogens with zero attached hydrogens (tertiary/aromatic N) is 3. The molecule has 0 aliphatic carbocycles. The van der Waals surface area contributed by atoms with E-state index in [1.165, 1.54) is 24.2 Å². The van der Waals surface area contributed by atoms with Gasteiger partial charge in [0.05, 0.1) is 19.3 Å². The summed E-state index contributed by atoms with van der Waals surface area (Å²) in [6.07, 6.45) is 3.56. The lowest BCUT2D eigenvalue weighted by molar-refractivity contribution is 0.0168. The molecule has 188 valence electrons. The number of nitrogens with one attached hydrogen (secondary N) is 2. The second kappa shape index (κ2) is 16.6. The average Bonchev–Trinajstić information content (AvgIpc) is 3.34. The maximum atomic E-state index is 5.73. The van der Waals surface area contributed by atoms with Crippen LogP contribution in [0.5, 0.6) is 0 Å². The molecule has 0 spiro atoms. The van der Waals surface area contributed by atoms with Gasteiger partial charge >= 0.3 is 0 Å². The molecule has 7 nitrogen and oxygen atoms in total. The molecule has 2 N–H and O–H groups in total. The molecule has 1 atom stereocenters. The number of ether oxygens (including phenoxy) is 2. The SMILES string of the molecule is CCNC(=NCc1ccc(CN2CCN(CC)CC2)cc1)NCCCOCC1CCCO1.I. The Kier molecular flexibility index (Phi) is 14.3. The van der Waals surface area contributed by atoms with E-state index in [1.54, 1.807) is 0 Å². The molecule has 2 aliphatic heterocycles. The highest BCUT2D eigenvalue weighted by Gasteiger charge is 2.16. The molecule has 2 fully saturated rings. The van der Waals surface area contributed by atoms with Crippen molar-refractivity contribution in [1.29, 1.82) is 0 Å². The largest absolute Gasteiger partial charge is 0.379 e. The first-order chi connectivity index (χ1) is 15.8. The zero-order valence-electron chi connectivity index (χ0n) is 20.6. The van der Waals surface area contributed by atoms with Gasteiger partial charge in [-0.15, -0.1) is 24.0 Å². The Morgan fingerprint density at radius 1 is 1.06 bits per heavy atom. The number of benzene rings is 1. The van der Waals surface area contributed by atoms with Gasteiger partial charge < -0.3 is 25.0 Å². The van der Waals surface area contributed by atoms with E-state index in [0.717, 1.165) is 84.3 Å². The van der Waals surface area contributed by atoms with Crippen LogP contribution in [-0.4, -0.2) is 87.5 Å². The van der Waals surface area contributed by atoms with Gasteiger partial charge in [-0.2, -0.15) is 0 Å². The molecule has 1 unspecified atom stereocenters. The van der Waals surface area contributed by atoms with Crippen molar-refractivity contribution in [3.63, 3.8) is 0 Å². The maximum absolute atomic E-state index is 5.73. The summed E-state index contributed by atoms with van der Waals surface area (Å²) in [5.41, 5.74) is 2.62. The lowest BCUT2D eigenvalue weighted by Gasteiger charge is -2.34. The Hall–Kier alpha value is -0.940. The van der Waals surface area contributed by atoms with Crippen molar-refractivity contribution >= 4 is 29.9 Å². The number of rotatable bonds is 12. The summed E-state index contributed by atoms with van der Waals surface area (Å²) in [6, 6.07) is 8.93. The minimum absolute atomic E-state index is 0. The Morgan fingerprint density at radius 3 is 2.45 bits per heavy atom. The molecule has 1 aromatic carbocycles. The lowest BCUT2D eigenvalue weighted by atomic mass is 10.1. The molecule has 3 rings (SSSR count). The molecule has 1 aromatic rings. The number of aliphatic imine (C=N–C) groups is 1. The van der Waals surface area contributed by atoms with Crippen LogP contribution in [0.4, 0.5) is 0 Å². The van der Waals surface area contributed by atoms with Gasteiger partial charge in [-0.1, -0.05) is 31.2 Å². The van der Waals surface area contributed by atoms with Gasteiger partial charge in [-0.05, 0) is 43.9 Å². The summed E-state index contributed by atoms with van der Waals surface area (Å²) in [5, 5.41) is 6.74. The first-order valence-electron chi connectivity index (χ1n) is 12.5. The number of halogens is 1. The number of hydrogen-bond donors (Lipinski definition) is 2. The molecule has 0 aromatic heterocycles. The highest BCUT2D eigenvalue weighted by Crippen LogP contribution is 2.12. The van der Waals surface area contributed by atoms with Crippen LogP contribution >= 0.6 is 24.0 Å². The summed E-state index contributed by atoms with van der Waals surface area (Å²) in [5.74, 6) is 0.865. The molecular weight excluding hydrogens is 529 g/mol. The summed E-state index contributed by atoms with van der Waals surface area (Å²) in [7, 11) is 0. The quantitative estimate of drug-likeness (QED) is 0.174. The molecule has 2 heterocycles. The molecule has 2 saturated heterocycles. The normalized spacial score (nSPS) is 19.9. The lowest BCUT2D eigenvalue weighted by Crippen LogP contribution is -2.45. The smallest absolute Gasteiger partial charge is 0.191 e. The predicted octanol–water partition coefficient (Wildman–Crippen LogP) is 3.08. The Bertz CT molecular complexity index is 659. The molecule has 0 bridgehead atoms. The van der Waals surface area contributed by atoms with Crippen molar-refractivity contribution in [2.24, 2.45) is 4.99 Å². The number of hydrogen-bond acceptors (Lipinski definition) is 5. The molecule has 8 heteroatoms. The van der Waals surface area contributed by atoms with Crippen LogP contribution in [0.2, 0.25) is 0 Å². The van der Waals surface area contributed by atoms with Gasteiger partial charge in [0.2, 0.25) is 0 Å². The monoisotopic (exact) mass is 573 g/mol. The van der Waals surface area contributed by atoms with Gasteiger partial charge in [0.25, 0.3) is 0 Å². The van der Waals surface area contributed by atoms with Gasteiger partial charge in [0.15, 0.2) is 5.96 Å². The van der Waals surface area contributed by atoms with Gasteiger partial charge in [-0.25, -0.2) is 4.99 Å². The Balaban J connectivity index is 0.00000385. The van der Waals surface area contributed by atoms with Crippen molar-refractivity contribution < 1.29 is 9.47 Å². The van der Waals surface area contributed by atoms with Crippen molar-refractivity contribution in [3.05, 3.63) is 35.4 Å². The molecule has 0 saturated carbocycles. The fourth-order valence-electron chi connectivity index (χ4n) is 4.16. The number of likely N-dealkylation sites (N-methyl/N-ethyl adjacent to an activating group) is 1. The molecule has 0 radical (unpaired) electrons. The van der Waals surface area contributed by atoms with Gasteiger partial charge in [0.1, 0.15) is 0 Å². The molecule has 0 amide bonds. The predicted molar refractivity (Wildman–Crippen MR) is 146 cm³/mol. The molecule has 2 aliphatic rings. The summed E-state index contributed by atoms with van der Waals surface area (Å²) < 4.78 is 11.3. The van der Waals surface area contributed by atoms with Crippen LogP contribution in [-0.2, 0) is 22.6 Å². The number of guanidine groups is 1. The van der Waals surface area contributed by atoms with Crippen molar-refractivity contribution in [2.75, 3.05) is 65.6 Å². The molecule has 33 heavy (non-hydrogen) atoms. The van der Waals surface area contributed by atoms with E-state index in [2.05, 4.69) is 58.5 Å². The molecular formula is C25H44IN5O2. The first-order valence-corrected chi connectivity index (χ1v) is 12.5. The van der Waals surface area contributed by atoms with Crippen LogP contribution in [0.25, 0.3) is 0 Å². The fourth-order valence-corrected chi connectivity index (χ4v) is 4.16. The highest BCUT2D eigenvalue weighted by atomic mass is 127. The van der Waals surface area contributed by atoms with E-state index in [0.29, 0.717) is 12.6 Å². The second-order valence-electron chi connectivity index (χ2n) is 8.71. The maximum Gasteiger partial charge on any atom is 0.191 e. The zero-order valence-corrected chi connectivity index (χ0v) is 22.9. The van der Waals surface area contributed by atoms with Crippen molar-refractivity contribution in [2.45, 2.75) is 52.3 Å². The van der Waals surface area contributed by atoms with Crippen LogP contribution < -0.4 is 10.6 Å². The van der Waals surface area contributed by atoms with E-state index >= 15 is 0 Å². The fraction of sp³-hybridized carbons (Fsp3) is 0.720. The minimum atomic E-state index is 0. The first kappa shape index (κ1) is 28.3. The summed E-state index contributed by atoms with van der Waals surface area (Å²) >= 11 is 0. The third-order valence-corrected chi connectivity index (χ3v) is 6.19. The summed E-state index contributed by atoms with van der Waals surface area (Å²) in [4.78, 5) is 9.82. The van der Waals surface area contributed by atoms with E-state index in [1.807, 2.05) is 0 Å². The topological polar surface area (TPSA) is 61.4 Å². The van der Waals surface area contributed by atoms with E-state index in [4.69, 9.17) is 14.5 Å². The van der Waals surface area contributed by atoms with E-state index in [9.17, 15) is 0 Å². The summed E-state index contributed by atoms with van der Waals surface area (Å²) in [6.45, 7) is 16.0. The van der Waals surface area contributed by atoms with E-state index < -0.39 is 0 Å². The minimum Gasteiger partial charge on any atom is -0.379 e. The third kappa shape index (κ3) is 10.9. The van der Waals surface area contributed by atoms with Crippen LogP contribution in [0.3, 0.4) is 0 Å². The van der Waals surface area contributed by atoms with Crippen LogP contribution in [0, 0.1) is 0 Å². The standard InChI is InChI=1S/C25H43N5O2.HI/c1-3-26-25(27-12-6-17-31-21-24-7-5-18-32-24)28-19-22-8-10-23(11-9-22)20-30-15-13-29(4-2)14-16-30;/h8-11,24H,3-7,12-21H2,1-2H3,(H2,26,27,28);1H. The van der Waals surface area contributed by atoms with Crippen LogP contribution in [0.1, 0.15) is 44.2 Å².